The highest BCUT2D eigenvalue weighted by Gasteiger charge is 2.57. The molecule has 8 heterocycles. The molecule has 0 unspecified atom stereocenters. The fourth-order valence-corrected chi connectivity index (χ4v) is 18.9. The number of carboxylic acid groups (broad SMARTS) is 1. The van der Waals surface area contributed by atoms with Gasteiger partial charge in [0, 0.05) is 92.6 Å². The quantitative estimate of drug-likeness (QED) is 0.00902. The monoisotopic (exact) mass is 1870 g/mol. The van der Waals surface area contributed by atoms with Crippen molar-refractivity contribution in [3.63, 3.8) is 0 Å². The minimum Gasteiger partial charge on any atom is -0.481 e. The first-order chi connectivity index (χ1) is 64.9. The number of benzene rings is 6. The normalized spacial score (nSPS) is 22.4. The van der Waals surface area contributed by atoms with Crippen LogP contribution in [-0.2, 0) is 80.0 Å². The van der Waals surface area contributed by atoms with Crippen molar-refractivity contribution >= 4 is 100 Å². The number of unbranched alkanes of at least 4 members (excludes halogenated alkanes) is 1. The number of hydrogen-bond acceptors (Lipinski definition) is 21. The molecule has 14 rings (SSSR count). The lowest BCUT2D eigenvalue weighted by Crippen LogP contribution is -2.54. The number of nitrogens with one attached hydrogen (secondary N) is 9. The number of para-hydroxylation sites is 4. The van der Waals surface area contributed by atoms with Crippen LogP contribution in [0.2, 0.25) is 0 Å². The summed E-state index contributed by atoms with van der Waals surface area (Å²) in [7, 11) is 0. The molecule has 0 radical (unpaired) electrons. The lowest BCUT2D eigenvalue weighted by Gasteiger charge is -2.32. The summed E-state index contributed by atoms with van der Waals surface area (Å²) >= 11 is 0. The summed E-state index contributed by atoms with van der Waals surface area (Å²) in [6, 6.07) is 52.0. The zero-order valence-corrected chi connectivity index (χ0v) is 79.5. The van der Waals surface area contributed by atoms with Crippen molar-refractivity contribution in [2.24, 2.45) is 35.5 Å². The van der Waals surface area contributed by atoms with Crippen LogP contribution < -0.4 is 47.9 Å². The first-order valence-corrected chi connectivity index (χ1v) is 47.1. The molecule has 33 heteroatoms. The highest BCUT2D eigenvalue weighted by molar-refractivity contribution is 5.98. The molecule has 10 N–H and O–H groups in total. The van der Waals surface area contributed by atoms with E-state index in [1.165, 1.54) is 0 Å². The number of fused-ring (bicyclic) bond motifs is 4. The summed E-state index contributed by atoms with van der Waals surface area (Å²) in [4.78, 5) is 179. The van der Waals surface area contributed by atoms with Crippen LogP contribution in [0.25, 0.3) is 0 Å². The topological polar surface area (TPSA) is 413 Å². The third kappa shape index (κ3) is 29.3. The number of carbonyl (C=O) groups excluding carboxylic acids is 12. The lowest BCUT2D eigenvalue weighted by molar-refractivity contribution is -0.159. The second-order valence-electron chi connectivity index (χ2n) is 38.6. The maximum Gasteiger partial charge on any atom is 0.410 e. The first kappa shape index (κ1) is 103. The molecule has 6 aromatic rings. The Balaban J connectivity index is 0.000000201. The molecule has 33 nitrogen and oxygen atoms in total. The molecular formula is C103H134N14O19. The van der Waals surface area contributed by atoms with Crippen LogP contribution >= 0.6 is 0 Å². The molecule has 0 bridgehead atoms. The predicted octanol–water partition coefficient (Wildman–Crippen LogP) is 12.7. The van der Waals surface area contributed by atoms with E-state index in [0.29, 0.717) is 101 Å². The Morgan fingerprint density at radius 1 is 0.426 bits per heavy atom. The molecule has 0 aromatic heterocycles. The van der Waals surface area contributed by atoms with E-state index in [4.69, 9.17) is 28.8 Å². The van der Waals surface area contributed by atoms with Crippen molar-refractivity contribution in [3.05, 3.63) is 218 Å². The minimum absolute atomic E-state index is 0.000188. The summed E-state index contributed by atoms with van der Waals surface area (Å²) in [6.45, 7) is 28.3. The fraction of sp³-hybridized carbons (Fsp3) is 0.485. The molecule has 8 saturated heterocycles. The van der Waals surface area contributed by atoms with Gasteiger partial charge in [-0.2, -0.15) is 0 Å². The van der Waals surface area contributed by atoms with Gasteiger partial charge in [0.05, 0.1) is 66.2 Å². The molecule has 6 aromatic carbocycles. The standard InChI is InChI=1S/C45H63N7O8.C31H38N4O6.C21H23N3O3.C6H10O2/c1-44(2,3)59-36(53)25-28(41(56)51-23-21-33-37(51)31(26-46-33)39(54)48-29-16-9-7-10-17-29)15-13-14-20-35(50-43(58)60-45(4,5)6)42(57)52-24-22-34-38(52)32(27-47-34)40(55)49-30-18-11-8-12-19-30;1-5-12-24(33-29(38)41-31(2,3)4)28(37)34-18-17-25-26(34)23(27(36)32-22-15-10-7-11-16-22)19-35(25)30(39)40-20-21-13-8-6-9-14-21;25-20(23-16-9-5-2-6-10-16)17-13-24(18-11-12-22-19(17)18)21(26)27-14-15-7-3-1-4-8-15;1-3-4-5(2)6(7)8/h7-12,16-19,28,31-35,37-38,46-47H,13-15,20-27H2,1-6H3,(H,48,54)(H,49,55)(H,50,58);5-11,13-16,23-26H,1,12,17-20H2,2-4H3,(H,32,36)(H,33,38);1-10,17-19,22H,11-14H2,(H,23,25);3,5H,1,4H2,2H3,(H,7,8)/t28-,31+,32+,33-,34-,35+,37-,38-;23-,24-,25+,26+;17-,18+,19+;5-/m1000/s1. The number of alkyl carbamates (subject to hydrolysis) is 2. The van der Waals surface area contributed by atoms with Crippen LogP contribution in [0.3, 0.4) is 0 Å². The highest BCUT2D eigenvalue weighted by atomic mass is 16.6. The number of esters is 1. The average molecular weight is 1870 g/mol. The van der Waals surface area contributed by atoms with Crippen molar-refractivity contribution in [1.29, 1.82) is 0 Å². The van der Waals surface area contributed by atoms with Gasteiger partial charge in [-0.05, 0) is 180 Å². The Hall–Kier alpha value is -13.0. The van der Waals surface area contributed by atoms with E-state index >= 15 is 0 Å². The van der Waals surface area contributed by atoms with Crippen molar-refractivity contribution in [3.8, 4) is 0 Å². The number of carboxylic acids is 1. The maximum absolute atomic E-state index is 14.5. The van der Waals surface area contributed by atoms with E-state index in [2.05, 4.69) is 61.0 Å². The number of anilines is 4. The summed E-state index contributed by atoms with van der Waals surface area (Å²) in [6.07, 6.45) is 5.56. The summed E-state index contributed by atoms with van der Waals surface area (Å²) in [5.41, 5.74) is 2.25. The lowest BCUT2D eigenvalue weighted by atomic mass is 9.92. The Kier molecular flexibility index (Phi) is 36.9. The number of hydrogen-bond donors (Lipinski definition) is 10. The number of rotatable bonds is 29. The number of aliphatic carboxylic acids is 1. The molecule has 8 aliphatic rings. The van der Waals surface area contributed by atoms with Crippen LogP contribution in [0.15, 0.2) is 207 Å². The molecule has 11 amide bonds. The van der Waals surface area contributed by atoms with E-state index in [1.54, 1.807) is 118 Å². The van der Waals surface area contributed by atoms with E-state index in [0.717, 1.165) is 29.8 Å². The zero-order valence-electron chi connectivity index (χ0n) is 79.5. The van der Waals surface area contributed by atoms with Gasteiger partial charge in [0.15, 0.2) is 0 Å². The molecule has 0 aliphatic carbocycles. The van der Waals surface area contributed by atoms with Gasteiger partial charge in [-0.3, -0.25) is 43.2 Å². The molecule has 16 atom stereocenters. The summed E-state index contributed by atoms with van der Waals surface area (Å²) < 4.78 is 27.7. The Morgan fingerprint density at radius 3 is 1.23 bits per heavy atom. The number of allylic oxidation sites excluding steroid dienone is 1. The molecule has 8 aliphatic heterocycles. The third-order valence-corrected chi connectivity index (χ3v) is 25.1. The molecule has 8 fully saturated rings. The van der Waals surface area contributed by atoms with Crippen LogP contribution in [-0.4, -0.2) is 237 Å². The van der Waals surface area contributed by atoms with Crippen molar-refractivity contribution in [2.45, 2.75) is 230 Å². The van der Waals surface area contributed by atoms with Crippen LogP contribution in [0.4, 0.5) is 41.9 Å². The second-order valence-corrected chi connectivity index (χ2v) is 38.6. The van der Waals surface area contributed by atoms with Crippen molar-refractivity contribution < 1.29 is 91.1 Å². The van der Waals surface area contributed by atoms with Crippen molar-refractivity contribution in [2.75, 3.05) is 73.6 Å². The fourth-order valence-electron chi connectivity index (χ4n) is 18.9. The number of carbonyl (C=O) groups is 13. The van der Waals surface area contributed by atoms with E-state index in [9.17, 15) is 62.3 Å². The van der Waals surface area contributed by atoms with Crippen LogP contribution in [0, 0.1) is 35.5 Å². The molecule has 0 spiro atoms. The van der Waals surface area contributed by atoms with Gasteiger partial charge in [-0.1, -0.05) is 165 Å². The van der Waals surface area contributed by atoms with Gasteiger partial charge in [0.25, 0.3) is 0 Å². The summed E-state index contributed by atoms with van der Waals surface area (Å²) in [5, 5.41) is 35.9. The second kappa shape index (κ2) is 48.4. The number of ether oxygens (including phenoxy) is 5. The van der Waals surface area contributed by atoms with Gasteiger partial charge in [-0.25, -0.2) is 19.2 Å². The Bertz CT molecular complexity index is 4930. The Labute approximate surface area is 796 Å². The maximum atomic E-state index is 14.5. The third-order valence-electron chi connectivity index (χ3n) is 25.1. The Morgan fingerprint density at radius 2 is 0.801 bits per heavy atom. The summed E-state index contributed by atoms with van der Waals surface area (Å²) in [5.74, 6) is -5.80. The molecule has 136 heavy (non-hydrogen) atoms. The van der Waals surface area contributed by atoms with Crippen LogP contribution in [0.1, 0.15) is 151 Å². The average Bonchev–Trinajstić information content (AvgIpc) is 1.59. The van der Waals surface area contributed by atoms with E-state index < -0.39 is 101 Å². The van der Waals surface area contributed by atoms with Crippen LogP contribution in [0.5, 0.6) is 0 Å². The highest BCUT2D eigenvalue weighted by Crippen LogP contribution is 2.40. The minimum atomic E-state index is -0.954. The SMILES string of the molecule is C=CC[C@H](C)C(=O)O.C=CC[C@H](NC(=O)OC(C)(C)C)C(=O)N1CC[C@@H]2[C@H]1[C@@H](C(=O)Nc1ccccc1)CN2C(=O)OCc1ccccc1.CC(C)(C)OC(=O)C[C@@H](CCCC[C@H](NC(=O)OC(C)(C)C)C(=O)N1CC[C@H]2NC[C@H](C(=O)Nc3ccccc3)[C@H]21)C(=O)N1CC[C@H]2NC[C@H](C(=O)Nc3ccccc3)[C@H]21.O=C(Nc1ccccc1)[C@H]1CN(C(=O)OCc2ccccc2)[C@@H]2CCN[C@H]12. The smallest absolute Gasteiger partial charge is 0.410 e. The van der Waals surface area contributed by atoms with Gasteiger partial charge in [0.2, 0.25) is 41.4 Å². The number of nitrogens with zero attached hydrogens (tertiary/aromatic N) is 5. The van der Waals surface area contributed by atoms with Gasteiger partial charge in [0.1, 0.15) is 42.1 Å². The van der Waals surface area contributed by atoms with Crippen molar-refractivity contribution in [1.82, 2.24) is 51.1 Å². The van der Waals surface area contributed by atoms with Gasteiger partial charge >= 0.3 is 36.3 Å². The number of likely N-dealkylation sites (tertiary alicyclic amines) is 5. The molecule has 0 saturated carbocycles. The largest absolute Gasteiger partial charge is 0.481 e. The van der Waals surface area contributed by atoms with E-state index in [-0.39, 0.29) is 129 Å². The number of amides is 11. The molecule has 730 valence electrons. The van der Waals surface area contributed by atoms with E-state index in [1.807, 2.05) is 170 Å². The molecular weight excluding hydrogens is 1740 g/mol. The first-order valence-electron chi connectivity index (χ1n) is 47.1. The predicted molar refractivity (Wildman–Crippen MR) is 514 cm³/mol. The van der Waals surface area contributed by atoms with Gasteiger partial charge < -0.3 is 101 Å². The zero-order chi connectivity index (χ0) is 98.0. The van der Waals surface area contributed by atoms with Gasteiger partial charge in [-0.15, -0.1) is 13.2 Å².